The Morgan fingerprint density at radius 2 is 2.15 bits per heavy atom. The molecule has 1 radical (unpaired) electrons. The minimum Gasteiger partial charge on any atom is -0.423 e. The first-order chi connectivity index (χ1) is 6.16. The van der Waals surface area contributed by atoms with E-state index < -0.39 is 0 Å². The SMILES string of the molecule is CN(C)c1nc2cc([O])ccc2o1. The van der Waals surface area contributed by atoms with Crippen LogP contribution in [0.3, 0.4) is 0 Å². The van der Waals surface area contributed by atoms with E-state index in [2.05, 4.69) is 4.98 Å². The smallest absolute Gasteiger partial charge is 0.297 e. The van der Waals surface area contributed by atoms with Gasteiger partial charge in [-0.05, 0) is 12.1 Å². The molecule has 0 saturated carbocycles. The van der Waals surface area contributed by atoms with Crippen molar-refractivity contribution in [3.8, 4) is 5.75 Å². The molecule has 0 aliphatic heterocycles. The van der Waals surface area contributed by atoms with E-state index in [1.165, 1.54) is 12.1 Å². The molecule has 0 amide bonds. The predicted octanol–water partition coefficient (Wildman–Crippen LogP) is 2.04. The molecule has 0 fully saturated rings. The summed E-state index contributed by atoms with van der Waals surface area (Å²) in [5.74, 6) is -0.0499. The molecule has 0 N–H and O–H groups in total. The van der Waals surface area contributed by atoms with Crippen LogP contribution in [0, 0.1) is 0 Å². The maximum absolute atomic E-state index is 11.0. The van der Waals surface area contributed by atoms with Gasteiger partial charge in [-0.2, -0.15) is 4.98 Å². The molecule has 13 heavy (non-hydrogen) atoms. The highest BCUT2D eigenvalue weighted by Crippen LogP contribution is 2.23. The lowest BCUT2D eigenvalue weighted by atomic mass is 10.3. The normalized spacial score (nSPS) is 10.6. The van der Waals surface area contributed by atoms with Crippen molar-refractivity contribution in [2.45, 2.75) is 0 Å². The fraction of sp³-hybridized carbons (Fsp3) is 0.222. The van der Waals surface area contributed by atoms with E-state index in [9.17, 15) is 5.11 Å². The number of nitrogens with zero attached hydrogens (tertiary/aromatic N) is 2. The lowest BCUT2D eigenvalue weighted by Gasteiger charge is -2.03. The fourth-order valence-electron chi connectivity index (χ4n) is 1.09. The quantitative estimate of drug-likeness (QED) is 0.669. The van der Waals surface area contributed by atoms with Gasteiger partial charge < -0.3 is 9.32 Å². The van der Waals surface area contributed by atoms with Crippen molar-refractivity contribution in [1.82, 2.24) is 4.98 Å². The van der Waals surface area contributed by atoms with Crippen LogP contribution in [-0.2, 0) is 5.11 Å². The first-order valence-corrected chi connectivity index (χ1v) is 3.92. The Morgan fingerprint density at radius 1 is 1.38 bits per heavy atom. The molecule has 4 nitrogen and oxygen atoms in total. The van der Waals surface area contributed by atoms with Gasteiger partial charge in [-0.15, -0.1) is 0 Å². The Morgan fingerprint density at radius 3 is 2.85 bits per heavy atom. The van der Waals surface area contributed by atoms with Crippen molar-refractivity contribution in [2.24, 2.45) is 0 Å². The summed E-state index contributed by atoms with van der Waals surface area (Å²) < 4.78 is 5.36. The molecule has 0 spiro atoms. The van der Waals surface area contributed by atoms with Crippen molar-refractivity contribution in [3.63, 3.8) is 0 Å². The molecule has 0 bridgehead atoms. The Balaban J connectivity index is 2.62. The van der Waals surface area contributed by atoms with Gasteiger partial charge in [0.15, 0.2) is 11.3 Å². The van der Waals surface area contributed by atoms with Crippen LogP contribution in [0.15, 0.2) is 22.6 Å². The highest BCUT2D eigenvalue weighted by molar-refractivity contribution is 5.76. The van der Waals surface area contributed by atoms with Crippen molar-refractivity contribution < 1.29 is 9.52 Å². The number of anilines is 1. The second-order valence-corrected chi connectivity index (χ2v) is 3.02. The molecule has 1 heterocycles. The zero-order valence-electron chi connectivity index (χ0n) is 7.44. The third kappa shape index (κ3) is 1.30. The molecule has 1 aromatic heterocycles. The Bertz CT molecular complexity index is 434. The molecule has 4 heteroatoms. The minimum atomic E-state index is -0.0499. The molecule has 0 unspecified atom stereocenters. The summed E-state index contributed by atoms with van der Waals surface area (Å²) >= 11 is 0. The maximum Gasteiger partial charge on any atom is 0.297 e. The van der Waals surface area contributed by atoms with Gasteiger partial charge in [0.2, 0.25) is 0 Å². The van der Waals surface area contributed by atoms with Gasteiger partial charge in [-0.25, -0.2) is 0 Å². The fourth-order valence-corrected chi connectivity index (χ4v) is 1.09. The zero-order valence-corrected chi connectivity index (χ0v) is 7.44. The Hall–Kier alpha value is -1.71. The van der Waals surface area contributed by atoms with E-state index >= 15 is 0 Å². The van der Waals surface area contributed by atoms with Gasteiger partial charge in [-0.1, -0.05) is 0 Å². The van der Waals surface area contributed by atoms with Crippen LogP contribution in [0.5, 0.6) is 5.75 Å². The minimum absolute atomic E-state index is 0.0499. The summed E-state index contributed by atoms with van der Waals surface area (Å²) in [6, 6.07) is 5.08. The average Bonchev–Trinajstić information content (AvgIpc) is 2.46. The lowest BCUT2D eigenvalue weighted by Crippen LogP contribution is -2.08. The van der Waals surface area contributed by atoms with E-state index in [-0.39, 0.29) is 5.75 Å². The standard InChI is InChI=1S/C9H9N2O2/c1-11(2)9-10-7-5-6(12)3-4-8(7)13-9/h3-5H,1-2H3. The van der Waals surface area contributed by atoms with Crippen LogP contribution < -0.4 is 4.90 Å². The third-order valence-corrected chi connectivity index (χ3v) is 1.73. The van der Waals surface area contributed by atoms with Crippen molar-refractivity contribution in [1.29, 1.82) is 0 Å². The summed E-state index contributed by atoms with van der Waals surface area (Å²) in [4.78, 5) is 5.89. The number of oxazole rings is 1. The number of benzene rings is 1. The summed E-state index contributed by atoms with van der Waals surface area (Å²) in [7, 11) is 3.67. The van der Waals surface area contributed by atoms with Crippen LogP contribution in [-0.4, -0.2) is 19.1 Å². The number of fused-ring (bicyclic) bond motifs is 1. The predicted molar refractivity (Wildman–Crippen MR) is 48.5 cm³/mol. The van der Waals surface area contributed by atoms with E-state index in [1.807, 2.05) is 14.1 Å². The largest absolute Gasteiger partial charge is 0.423 e. The molecule has 0 aliphatic rings. The van der Waals surface area contributed by atoms with Gasteiger partial charge in [0.25, 0.3) is 6.01 Å². The molecule has 1 aromatic carbocycles. The summed E-state index contributed by atoms with van der Waals surface area (Å²) in [5, 5.41) is 11.0. The zero-order chi connectivity index (χ0) is 9.42. The molecule has 0 saturated heterocycles. The lowest BCUT2D eigenvalue weighted by molar-refractivity contribution is 0.355. The number of aromatic nitrogens is 1. The van der Waals surface area contributed by atoms with Gasteiger partial charge in [0, 0.05) is 20.2 Å². The molecular formula is C9H9N2O2. The monoisotopic (exact) mass is 177 g/mol. The van der Waals surface area contributed by atoms with Crippen LogP contribution in [0.2, 0.25) is 0 Å². The number of hydrogen-bond acceptors (Lipinski definition) is 3. The number of hydrogen-bond donors (Lipinski definition) is 0. The van der Waals surface area contributed by atoms with Crippen LogP contribution >= 0.6 is 0 Å². The number of rotatable bonds is 1. The first-order valence-electron chi connectivity index (χ1n) is 3.92. The second kappa shape index (κ2) is 2.65. The van der Waals surface area contributed by atoms with Crippen LogP contribution in [0.1, 0.15) is 0 Å². The van der Waals surface area contributed by atoms with Crippen molar-refractivity contribution >= 4 is 17.1 Å². The Labute approximate surface area is 75.4 Å². The van der Waals surface area contributed by atoms with E-state index in [4.69, 9.17) is 4.42 Å². The van der Waals surface area contributed by atoms with E-state index in [0.29, 0.717) is 17.1 Å². The molecule has 2 rings (SSSR count). The van der Waals surface area contributed by atoms with Crippen LogP contribution in [0.25, 0.3) is 11.1 Å². The van der Waals surface area contributed by atoms with Gasteiger partial charge in [0.1, 0.15) is 5.52 Å². The maximum atomic E-state index is 11.0. The van der Waals surface area contributed by atoms with Crippen molar-refractivity contribution in [3.05, 3.63) is 18.2 Å². The summed E-state index contributed by atoms with van der Waals surface area (Å²) in [5.41, 5.74) is 1.25. The summed E-state index contributed by atoms with van der Waals surface area (Å²) in [6.45, 7) is 0. The second-order valence-electron chi connectivity index (χ2n) is 3.02. The topological polar surface area (TPSA) is 49.2 Å². The molecule has 0 atom stereocenters. The highest BCUT2D eigenvalue weighted by Gasteiger charge is 2.07. The molecule has 2 aromatic rings. The van der Waals surface area contributed by atoms with Gasteiger partial charge in [0.05, 0.1) is 0 Å². The highest BCUT2D eigenvalue weighted by atomic mass is 16.4. The van der Waals surface area contributed by atoms with Gasteiger partial charge in [-0.3, -0.25) is 5.11 Å². The third-order valence-electron chi connectivity index (χ3n) is 1.73. The van der Waals surface area contributed by atoms with E-state index in [1.54, 1.807) is 11.0 Å². The van der Waals surface area contributed by atoms with Crippen molar-refractivity contribution in [2.75, 3.05) is 19.0 Å². The molecular weight excluding hydrogens is 168 g/mol. The molecule has 0 aliphatic carbocycles. The van der Waals surface area contributed by atoms with Gasteiger partial charge >= 0.3 is 0 Å². The Kier molecular flexibility index (Phi) is 1.62. The van der Waals surface area contributed by atoms with Crippen LogP contribution in [0.4, 0.5) is 6.01 Å². The molecule has 67 valence electrons. The van der Waals surface area contributed by atoms with E-state index in [0.717, 1.165) is 0 Å². The first kappa shape index (κ1) is 7.91. The average molecular weight is 177 g/mol. The summed E-state index contributed by atoms with van der Waals surface area (Å²) in [6.07, 6.45) is 0.